The molecular weight excluding hydrogens is 221 g/mol. The molecule has 0 atom stereocenters. The second kappa shape index (κ2) is 4.83. The van der Waals surface area contributed by atoms with Gasteiger partial charge >= 0.3 is 6.18 Å². The van der Waals surface area contributed by atoms with Crippen molar-refractivity contribution in [2.24, 2.45) is 0 Å². The summed E-state index contributed by atoms with van der Waals surface area (Å²) >= 11 is 0. The molecule has 86 valence electrons. The van der Waals surface area contributed by atoms with Gasteiger partial charge in [0.15, 0.2) is 0 Å². The highest BCUT2D eigenvalue weighted by Gasteiger charge is 2.34. The van der Waals surface area contributed by atoms with Gasteiger partial charge in [0.2, 0.25) is 0 Å². The summed E-state index contributed by atoms with van der Waals surface area (Å²) < 4.78 is 42.0. The van der Waals surface area contributed by atoms with Crippen LogP contribution in [0.4, 0.5) is 13.2 Å². The number of ether oxygens (including phenoxy) is 1. The fourth-order valence-electron chi connectivity index (χ4n) is 1.20. The van der Waals surface area contributed by atoms with Crippen molar-refractivity contribution in [2.45, 2.75) is 6.18 Å². The summed E-state index contributed by atoms with van der Waals surface area (Å²) in [7, 11) is 1.16. The molecule has 0 amide bonds. The molecule has 0 saturated heterocycles. The number of carbonyl (C=O) groups excluding carboxylic acids is 1. The van der Waals surface area contributed by atoms with Crippen molar-refractivity contribution in [3.8, 4) is 5.75 Å². The average molecular weight is 230 g/mol. The second-order valence-corrected chi connectivity index (χ2v) is 2.95. The van der Waals surface area contributed by atoms with Crippen molar-refractivity contribution in [2.75, 3.05) is 7.11 Å². The number of aldehydes is 1. The van der Waals surface area contributed by atoms with Gasteiger partial charge in [0, 0.05) is 0 Å². The Kier molecular flexibility index (Phi) is 3.71. The molecule has 0 unspecified atom stereocenters. The van der Waals surface area contributed by atoms with E-state index < -0.39 is 11.7 Å². The second-order valence-electron chi connectivity index (χ2n) is 2.95. The van der Waals surface area contributed by atoms with E-state index in [1.165, 1.54) is 24.3 Å². The largest absolute Gasteiger partial charge is 0.496 e. The first-order chi connectivity index (χ1) is 7.49. The predicted octanol–water partition coefficient (Wildman–Crippen LogP) is 2.93. The molecule has 0 radical (unpaired) electrons. The monoisotopic (exact) mass is 230 g/mol. The zero-order valence-corrected chi connectivity index (χ0v) is 8.41. The lowest BCUT2D eigenvalue weighted by Gasteiger charge is -2.12. The Hall–Kier alpha value is -1.78. The third-order valence-corrected chi connectivity index (χ3v) is 1.90. The summed E-state index contributed by atoms with van der Waals surface area (Å²) in [6, 6.07) is 3.41. The Morgan fingerprint density at radius 2 is 2.00 bits per heavy atom. The molecule has 1 aromatic rings. The summed E-state index contributed by atoms with van der Waals surface area (Å²) in [4.78, 5) is 10.1. The molecule has 0 aliphatic carbocycles. The van der Waals surface area contributed by atoms with Gasteiger partial charge in [-0.1, -0.05) is 12.1 Å². The molecule has 16 heavy (non-hydrogen) atoms. The van der Waals surface area contributed by atoms with Gasteiger partial charge in [-0.15, -0.1) is 0 Å². The van der Waals surface area contributed by atoms with Gasteiger partial charge in [-0.3, -0.25) is 4.79 Å². The maximum absolute atomic E-state index is 12.5. The fourth-order valence-corrected chi connectivity index (χ4v) is 1.20. The fraction of sp³-hybridized carbons (Fsp3) is 0.182. The lowest BCUT2D eigenvalue weighted by molar-refractivity contribution is -0.138. The van der Waals surface area contributed by atoms with E-state index in [1.54, 1.807) is 0 Å². The van der Waals surface area contributed by atoms with Gasteiger partial charge in [0.1, 0.15) is 12.0 Å². The van der Waals surface area contributed by atoms with Crippen molar-refractivity contribution in [1.29, 1.82) is 0 Å². The van der Waals surface area contributed by atoms with Gasteiger partial charge in [-0.25, -0.2) is 0 Å². The molecule has 5 heteroatoms. The highest BCUT2D eigenvalue weighted by atomic mass is 19.4. The number of rotatable bonds is 3. The molecule has 2 nitrogen and oxygen atoms in total. The topological polar surface area (TPSA) is 26.3 Å². The third kappa shape index (κ3) is 2.85. The van der Waals surface area contributed by atoms with E-state index in [4.69, 9.17) is 0 Å². The summed E-state index contributed by atoms with van der Waals surface area (Å²) in [5.74, 6) is -0.263. The molecule has 0 aromatic heterocycles. The first-order valence-electron chi connectivity index (χ1n) is 4.36. The molecule has 0 heterocycles. The van der Waals surface area contributed by atoms with Crippen LogP contribution in [0.2, 0.25) is 0 Å². The number of halogens is 3. The lowest BCUT2D eigenvalue weighted by Crippen LogP contribution is -2.07. The van der Waals surface area contributed by atoms with Gasteiger partial charge in [-0.2, -0.15) is 13.2 Å². The molecule has 1 rings (SSSR count). The van der Waals surface area contributed by atoms with E-state index in [1.807, 2.05) is 0 Å². The quantitative estimate of drug-likeness (QED) is 0.589. The molecule has 0 saturated carbocycles. The summed E-state index contributed by atoms with van der Waals surface area (Å²) in [5, 5.41) is 0. The molecule has 0 fully saturated rings. The van der Waals surface area contributed by atoms with E-state index in [0.29, 0.717) is 11.8 Å². The number of alkyl halides is 3. The van der Waals surface area contributed by atoms with Crippen LogP contribution in [0.3, 0.4) is 0 Å². The van der Waals surface area contributed by atoms with Crippen LogP contribution in [0, 0.1) is 0 Å². The number of methoxy groups -OCH3 is 1. The molecule has 0 aliphatic heterocycles. The average Bonchev–Trinajstić information content (AvgIpc) is 2.24. The van der Waals surface area contributed by atoms with Gasteiger partial charge < -0.3 is 4.74 Å². The number of hydrogen-bond acceptors (Lipinski definition) is 2. The van der Waals surface area contributed by atoms with Crippen LogP contribution in [0.5, 0.6) is 5.75 Å². The molecule has 0 N–H and O–H groups in total. The Morgan fingerprint density at radius 1 is 1.31 bits per heavy atom. The maximum Gasteiger partial charge on any atom is 0.419 e. The van der Waals surface area contributed by atoms with Gasteiger partial charge in [-0.05, 0) is 23.8 Å². The first kappa shape index (κ1) is 12.3. The van der Waals surface area contributed by atoms with Crippen molar-refractivity contribution in [3.05, 3.63) is 35.4 Å². The van der Waals surface area contributed by atoms with E-state index >= 15 is 0 Å². The Labute approximate surface area is 90.3 Å². The van der Waals surface area contributed by atoms with Crippen LogP contribution in [-0.4, -0.2) is 13.4 Å². The van der Waals surface area contributed by atoms with Gasteiger partial charge in [0.25, 0.3) is 0 Å². The van der Waals surface area contributed by atoms with Crippen molar-refractivity contribution in [3.63, 3.8) is 0 Å². The summed E-state index contributed by atoms with van der Waals surface area (Å²) in [5.41, 5.74) is -0.366. The smallest absolute Gasteiger partial charge is 0.419 e. The summed E-state index contributed by atoms with van der Waals surface area (Å²) in [6.07, 6.45) is -1.31. The number of hydrogen-bond donors (Lipinski definition) is 0. The molecular formula is C11H9F3O2. The molecule has 0 aliphatic rings. The van der Waals surface area contributed by atoms with E-state index in [2.05, 4.69) is 4.74 Å². The normalized spacial score (nSPS) is 11.8. The third-order valence-electron chi connectivity index (χ3n) is 1.90. The van der Waals surface area contributed by atoms with Crippen LogP contribution >= 0.6 is 0 Å². The van der Waals surface area contributed by atoms with E-state index in [-0.39, 0.29) is 5.75 Å². The standard InChI is InChI=1S/C11H9F3O2/c1-16-10-7-8(3-2-6-15)4-5-9(10)11(12,13)14/h2-7H,1H3/b3-2+. The zero-order valence-electron chi connectivity index (χ0n) is 8.41. The lowest BCUT2D eigenvalue weighted by atomic mass is 10.1. The molecule has 0 bridgehead atoms. The highest BCUT2D eigenvalue weighted by Crippen LogP contribution is 2.36. The number of allylic oxidation sites excluding steroid dienone is 1. The Morgan fingerprint density at radius 3 is 2.50 bits per heavy atom. The van der Waals surface area contributed by atoms with Crippen molar-refractivity contribution >= 4 is 12.4 Å². The van der Waals surface area contributed by atoms with Crippen LogP contribution < -0.4 is 4.74 Å². The first-order valence-corrected chi connectivity index (χ1v) is 4.36. The SMILES string of the molecule is COc1cc(/C=C/C=O)ccc1C(F)(F)F. The maximum atomic E-state index is 12.5. The van der Waals surface area contributed by atoms with E-state index in [9.17, 15) is 18.0 Å². The zero-order chi connectivity index (χ0) is 12.2. The minimum Gasteiger partial charge on any atom is -0.496 e. The van der Waals surface area contributed by atoms with Crippen LogP contribution in [0.1, 0.15) is 11.1 Å². The van der Waals surface area contributed by atoms with Gasteiger partial charge in [0.05, 0.1) is 12.7 Å². The van der Waals surface area contributed by atoms with Crippen molar-refractivity contribution < 1.29 is 22.7 Å². The van der Waals surface area contributed by atoms with E-state index in [0.717, 1.165) is 13.2 Å². The molecule has 1 aromatic carbocycles. The number of benzene rings is 1. The molecule has 0 spiro atoms. The predicted molar refractivity (Wildman–Crippen MR) is 53.1 cm³/mol. The minimum atomic E-state index is -4.45. The van der Waals surface area contributed by atoms with Crippen molar-refractivity contribution in [1.82, 2.24) is 0 Å². The number of carbonyl (C=O) groups is 1. The Balaban J connectivity index is 3.16. The van der Waals surface area contributed by atoms with Crippen LogP contribution in [0.25, 0.3) is 6.08 Å². The van der Waals surface area contributed by atoms with Crippen LogP contribution in [0.15, 0.2) is 24.3 Å². The van der Waals surface area contributed by atoms with Crippen LogP contribution in [-0.2, 0) is 11.0 Å². The Bertz CT molecular complexity index is 408. The highest BCUT2D eigenvalue weighted by molar-refractivity contribution is 5.74. The summed E-state index contributed by atoms with van der Waals surface area (Å²) in [6.45, 7) is 0. The minimum absolute atomic E-state index is 0.263.